The monoisotopic (exact) mass is 614 g/mol. The number of benzene rings is 2. The van der Waals surface area contributed by atoms with Crippen LogP contribution >= 0.6 is 45.5 Å². The molecule has 8 nitrogen and oxygen atoms in total. The highest BCUT2D eigenvalue weighted by Gasteiger charge is 2.17. The summed E-state index contributed by atoms with van der Waals surface area (Å²) in [5.41, 5.74) is 1.82. The van der Waals surface area contributed by atoms with Crippen molar-refractivity contribution in [2.24, 2.45) is 0 Å². The highest BCUT2D eigenvalue weighted by molar-refractivity contribution is 14.1. The van der Waals surface area contributed by atoms with Crippen LogP contribution in [-0.2, 0) is 14.8 Å². The molecule has 4 aromatic rings. The van der Waals surface area contributed by atoms with Gasteiger partial charge >= 0.3 is 0 Å². The van der Waals surface area contributed by atoms with Crippen LogP contribution < -0.4 is 14.8 Å². The summed E-state index contributed by atoms with van der Waals surface area (Å²) >= 11 is 9.58. The van der Waals surface area contributed by atoms with E-state index in [2.05, 4.69) is 42.6 Å². The fourth-order valence-corrected chi connectivity index (χ4v) is 5.88. The molecule has 1 amide bonds. The Labute approximate surface area is 212 Å². The number of aromatic nitrogens is 2. The van der Waals surface area contributed by atoms with Crippen molar-refractivity contribution in [1.82, 2.24) is 9.97 Å². The Hall–Kier alpha value is -2.48. The van der Waals surface area contributed by atoms with Crippen LogP contribution in [0.1, 0.15) is 5.69 Å². The standard InChI is InChI=1S/C21H16ClIN4O4S2/c1-12-2-7-15-16(22)10-17(23)20(19(15)25-12)31-11-18(28)26-13-3-5-14(6-4-13)33(29,30)27-21-24-8-9-32-21/h2-10H,11H2,1H3,(H,24,27)(H,26,28). The molecule has 0 radical (unpaired) electrons. The van der Waals surface area contributed by atoms with Crippen LogP contribution in [0.3, 0.4) is 0 Å². The summed E-state index contributed by atoms with van der Waals surface area (Å²) in [5.74, 6) is 0.0709. The van der Waals surface area contributed by atoms with Crippen molar-refractivity contribution in [3.8, 4) is 5.75 Å². The summed E-state index contributed by atoms with van der Waals surface area (Å²) in [4.78, 5) is 20.9. The number of hydrogen-bond donors (Lipinski definition) is 2. The largest absolute Gasteiger partial charge is 0.480 e. The third-order valence-corrected chi connectivity index (χ3v) is 7.71. The van der Waals surface area contributed by atoms with Crippen molar-refractivity contribution in [2.75, 3.05) is 16.6 Å². The number of fused-ring (bicyclic) bond motifs is 1. The maximum absolute atomic E-state index is 12.4. The predicted molar refractivity (Wildman–Crippen MR) is 138 cm³/mol. The molecule has 0 unspecified atom stereocenters. The van der Waals surface area contributed by atoms with E-state index in [0.717, 1.165) is 14.7 Å². The lowest BCUT2D eigenvalue weighted by Gasteiger charge is -2.13. The molecular weight excluding hydrogens is 599 g/mol. The van der Waals surface area contributed by atoms with Crippen LogP contribution in [0.4, 0.5) is 10.8 Å². The van der Waals surface area contributed by atoms with Gasteiger partial charge in [-0.15, -0.1) is 11.3 Å². The number of nitrogens with one attached hydrogen (secondary N) is 2. The molecule has 0 aliphatic rings. The number of ether oxygens (including phenoxy) is 1. The van der Waals surface area contributed by atoms with Gasteiger partial charge in [0.05, 0.1) is 13.5 Å². The molecule has 0 fully saturated rings. The van der Waals surface area contributed by atoms with E-state index in [1.165, 1.54) is 41.8 Å². The lowest BCUT2D eigenvalue weighted by molar-refractivity contribution is -0.118. The van der Waals surface area contributed by atoms with Crippen LogP contribution in [0, 0.1) is 10.5 Å². The van der Waals surface area contributed by atoms with Crippen LogP contribution in [0.5, 0.6) is 5.75 Å². The number of halogens is 2. The van der Waals surface area contributed by atoms with Crippen molar-refractivity contribution in [1.29, 1.82) is 0 Å². The number of carbonyl (C=O) groups excluding carboxylic acids is 1. The summed E-state index contributed by atoms with van der Waals surface area (Å²) in [7, 11) is -3.77. The lowest BCUT2D eigenvalue weighted by atomic mass is 10.2. The number of carbonyl (C=O) groups is 1. The molecule has 0 aliphatic carbocycles. The third-order valence-electron chi connectivity index (χ3n) is 4.43. The number of anilines is 2. The minimum absolute atomic E-state index is 0.0515. The third kappa shape index (κ3) is 5.54. The molecule has 12 heteroatoms. The summed E-state index contributed by atoms with van der Waals surface area (Å²) in [5, 5.41) is 5.93. The maximum atomic E-state index is 12.4. The van der Waals surface area contributed by atoms with Gasteiger partial charge in [-0.25, -0.2) is 18.4 Å². The normalized spacial score (nSPS) is 11.4. The van der Waals surface area contributed by atoms with Crippen molar-refractivity contribution in [2.45, 2.75) is 11.8 Å². The Bertz CT molecular complexity index is 1430. The van der Waals surface area contributed by atoms with Gasteiger partial charge in [0.15, 0.2) is 17.5 Å². The Morgan fingerprint density at radius 3 is 2.67 bits per heavy atom. The van der Waals surface area contributed by atoms with E-state index in [-0.39, 0.29) is 16.6 Å². The Morgan fingerprint density at radius 2 is 1.97 bits per heavy atom. The Morgan fingerprint density at radius 1 is 1.21 bits per heavy atom. The van der Waals surface area contributed by atoms with E-state index in [4.69, 9.17) is 16.3 Å². The highest BCUT2D eigenvalue weighted by atomic mass is 127. The molecular formula is C21H16ClIN4O4S2. The number of rotatable bonds is 7. The van der Waals surface area contributed by atoms with Gasteiger partial charge in [-0.3, -0.25) is 9.52 Å². The summed E-state index contributed by atoms with van der Waals surface area (Å²) in [6, 6.07) is 11.3. The molecule has 0 aliphatic heterocycles. The van der Waals surface area contributed by atoms with Gasteiger partial charge in [0.2, 0.25) is 0 Å². The van der Waals surface area contributed by atoms with Crippen LogP contribution in [0.15, 0.2) is 58.9 Å². The van der Waals surface area contributed by atoms with E-state index in [1.54, 1.807) is 11.4 Å². The van der Waals surface area contributed by atoms with Crippen molar-refractivity contribution < 1.29 is 17.9 Å². The zero-order valence-electron chi connectivity index (χ0n) is 17.0. The number of sulfonamides is 1. The van der Waals surface area contributed by atoms with Crippen molar-refractivity contribution in [3.05, 3.63) is 68.3 Å². The minimum Gasteiger partial charge on any atom is -0.480 e. The molecule has 4 rings (SSSR count). The average Bonchev–Trinajstić information content (AvgIpc) is 3.26. The van der Waals surface area contributed by atoms with Crippen molar-refractivity contribution in [3.63, 3.8) is 0 Å². The van der Waals surface area contributed by atoms with Gasteiger partial charge in [0.1, 0.15) is 5.52 Å². The fraction of sp³-hybridized carbons (Fsp3) is 0.0952. The second-order valence-electron chi connectivity index (χ2n) is 6.82. The van der Waals surface area contributed by atoms with Crippen LogP contribution in [0.25, 0.3) is 10.9 Å². The lowest BCUT2D eigenvalue weighted by Crippen LogP contribution is -2.20. The summed E-state index contributed by atoms with van der Waals surface area (Å²) in [6.07, 6.45) is 1.51. The first kappa shape index (κ1) is 23.7. The first-order valence-electron chi connectivity index (χ1n) is 9.43. The molecule has 170 valence electrons. The van der Waals surface area contributed by atoms with E-state index >= 15 is 0 Å². The van der Waals surface area contributed by atoms with Gasteiger partial charge in [0, 0.05) is 28.3 Å². The van der Waals surface area contributed by atoms with E-state index in [1.807, 2.05) is 19.1 Å². The first-order chi connectivity index (χ1) is 15.7. The van der Waals surface area contributed by atoms with Gasteiger partial charge in [-0.05, 0) is 72.0 Å². The number of pyridine rings is 1. The molecule has 0 saturated heterocycles. The number of thiazole rings is 1. The van der Waals surface area contributed by atoms with Gasteiger partial charge < -0.3 is 10.1 Å². The number of hydrogen-bond acceptors (Lipinski definition) is 7. The van der Waals surface area contributed by atoms with E-state index < -0.39 is 15.9 Å². The Balaban J connectivity index is 1.43. The second-order valence-corrected chi connectivity index (χ2v) is 11.0. The average molecular weight is 615 g/mol. The van der Waals surface area contributed by atoms with Gasteiger partial charge in [-0.2, -0.15) is 0 Å². The fourth-order valence-electron chi connectivity index (χ4n) is 2.93. The summed E-state index contributed by atoms with van der Waals surface area (Å²) < 4.78 is 33.7. The molecule has 33 heavy (non-hydrogen) atoms. The smallest absolute Gasteiger partial charge is 0.263 e. The minimum atomic E-state index is -3.77. The quantitative estimate of drug-likeness (QED) is 0.281. The Kier molecular flexibility index (Phi) is 7.02. The van der Waals surface area contributed by atoms with Crippen LogP contribution in [-0.4, -0.2) is 30.9 Å². The molecule has 0 spiro atoms. The van der Waals surface area contributed by atoms with Crippen molar-refractivity contribution >= 4 is 83.2 Å². The zero-order chi connectivity index (χ0) is 23.6. The molecule has 0 saturated carbocycles. The zero-order valence-corrected chi connectivity index (χ0v) is 21.5. The molecule has 2 aromatic heterocycles. The second kappa shape index (κ2) is 9.79. The van der Waals surface area contributed by atoms with E-state index in [9.17, 15) is 13.2 Å². The molecule has 2 N–H and O–H groups in total. The van der Waals surface area contributed by atoms with Crippen LogP contribution in [0.2, 0.25) is 5.02 Å². The number of amides is 1. The topological polar surface area (TPSA) is 110 Å². The predicted octanol–water partition coefficient (Wildman–Crippen LogP) is 5.08. The SMILES string of the molecule is Cc1ccc2c(Cl)cc(I)c(OCC(=O)Nc3ccc(S(=O)(=O)Nc4nccs4)cc3)c2n1. The maximum Gasteiger partial charge on any atom is 0.263 e. The molecule has 2 heterocycles. The number of aryl methyl sites for hydroxylation is 1. The first-order valence-corrected chi connectivity index (χ1v) is 13.3. The van der Waals surface area contributed by atoms with Gasteiger partial charge in [0.25, 0.3) is 15.9 Å². The highest BCUT2D eigenvalue weighted by Crippen LogP contribution is 2.35. The molecule has 0 bridgehead atoms. The summed E-state index contributed by atoms with van der Waals surface area (Å²) in [6.45, 7) is 1.61. The molecule has 0 atom stereocenters. The molecule has 2 aromatic carbocycles. The number of nitrogens with zero attached hydrogens (tertiary/aromatic N) is 2. The van der Waals surface area contributed by atoms with E-state index in [0.29, 0.717) is 22.0 Å². The van der Waals surface area contributed by atoms with Gasteiger partial charge in [-0.1, -0.05) is 11.6 Å².